The van der Waals surface area contributed by atoms with Gasteiger partial charge in [-0.2, -0.15) is 0 Å². The highest BCUT2D eigenvalue weighted by atomic mass is 16.1. The number of likely N-dealkylation sites (N-methyl/N-ethyl adjacent to an activating group) is 1. The zero-order valence-electron chi connectivity index (χ0n) is 4.72. The maximum Gasteiger partial charge on any atom is 0.139 e. The van der Waals surface area contributed by atoms with Gasteiger partial charge in [0, 0.05) is 0 Å². The Morgan fingerprint density at radius 1 is 1.71 bits per heavy atom. The molecule has 2 nitrogen and oxygen atoms in total. The maximum atomic E-state index is 9.68. The lowest BCUT2D eigenvalue weighted by atomic mass is 10.6. The summed E-state index contributed by atoms with van der Waals surface area (Å²) in [6.45, 7) is 4.37. The molecular formula is C5H10NO. The average Bonchev–Trinajstić information content (AvgIpc) is 1.68. The molecule has 0 heterocycles. The first-order valence-corrected chi connectivity index (χ1v) is 2.30. The molecule has 0 saturated carbocycles. The first kappa shape index (κ1) is 6.63. The quantitative estimate of drug-likeness (QED) is 0.475. The van der Waals surface area contributed by atoms with Crippen LogP contribution in [-0.2, 0) is 4.79 Å². The standard InChI is InChI=1S/C5H10NO/c1-3-6(2)4-5-7/h4-5H,3H2,1-2H3. The van der Waals surface area contributed by atoms with Crippen LogP contribution in [0.4, 0.5) is 0 Å². The molecule has 0 fully saturated rings. The molecule has 2 heteroatoms. The van der Waals surface area contributed by atoms with Gasteiger partial charge in [0.05, 0.1) is 6.54 Å². The molecule has 0 spiro atoms. The van der Waals surface area contributed by atoms with E-state index in [0.29, 0.717) is 0 Å². The van der Waals surface area contributed by atoms with Gasteiger partial charge in [0.25, 0.3) is 0 Å². The van der Waals surface area contributed by atoms with Crippen molar-refractivity contribution in [1.29, 1.82) is 0 Å². The van der Waals surface area contributed by atoms with E-state index in [2.05, 4.69) is 0 Å². The number of rotatable bonds is 3. The minimum Gasteiger partial charge on any atom is -0.302 e. The lowest BCUT2D eigenvalue weighted by Crippen LogP contribution is -2.13. The SMILES string of the molecule is CCN(C)[CH]C=O. The largest absolute Gasteiger partial charge is 0.302 e. The van der Waals surface area contributed by atoms with Gasteiger partial charge in [0.2, 0.25) is 0 Å². The molecule has 1 radical (unpaired) electrons. The average molecular weight is 100 g/mol. The highest BCUT2D eigenvalue weighted by Crippen LogP contribution is 1.79. The highest BCUT2D eigenvalue weighted by molar-refractivity contribution is 5.59. The van der Waals surface area contributed by atoms with Crippen LogP contribution in [0.2, 0.25) is 0 Å². The van der Waals surface area contributed by atoms with Gasteiger partial charge in [-0.3, -0.25) is 4.90 Å². The van der Waals surface area contributed by atoms with E-state index >= 15 is 0 Å². The first-order valence-electron chi connectivity index (χ1n) is 2.30. The fraction of sp³-hybridized carbons (Fsp3) is 0.600. The lowest BCUT2D eigenvalue weighted by molar-refractivity contribution is -0.106. The van der Waals surface area contributed by atoms with Crippen molar-refractivity contribution in [3.8, 4) is 0 Å². The van der Waals surface area contributed by atoms with Crippen molar-refractivity contribution in [3.05, 3.63) is 6.54 Å². The molecule has 0 rings (SSSR count). The van der Waals surface area contributed by atoms with Gasteiger partial charge >= 0.3 is 0 Å². The normalized spacial score (nSPS) is 9.57. The smallest absolute Gasteiger partial charge is 0.139 e. The van der Waals surface area contributed by atoms with Crippen LogP contribution in [0.15, 0.2) is 0 Å². The summed E-state index contributed by atoms with van der Waals surface area (Å²) in [7, 11) is 1.86. The number of carbonyl (C=O) groups is 1. The predicted molar refractivity (Wildman–Crippen MR) is 28.7 cm³/mol. The third kappa shape index (κ3) is 3.46. The van der Waals surface area contributed by atoms with Crippen molar-refractivity contribution in [2.75, 3.05) is 13.6 Å². The predicted octanol–water partition coefficient (Wildman–Crippen LogP) is 0.299. The van der Waals surface area contributed by atoms with Crippen LogP contribution in [-0.4, -0.2) is 24.8 Å². The first-order chi connectivity index (χ1) is 3.31. The number of hydrogen-bond donors (Lipinski definition) is 0. The summed E-state index contributed by atoms with van der Waals surface area (Å²) >= 11 is 0. The summed E-state index contributed by atoms with van der Waals surface area (Å²) in [4.78, 5) is 11.5. The highest BCUT2D eigenvalue weighted by Gasteiger charge is 1.87. The molecule has 0 aliphatic heterocycles. The van der Waals surface area contributed by atoms with Crippen molar-refractivity contribution in [1.82, 2.24) is 4.90 Å². The van der Waals surface area contributed by atoms with Crippen LogP contribution in [0.25, 0.3) is 0 Å². The zero-order chi connectivity index (χ0) is 5.70. The van der Waals surface area contributed by atoms with E-state index in [9.17, 15) is 4.79 Å². The van der Waals surface area contributed by atoms with Crippen molar-refractivity contribution >= 4 is 6.29 Å². The Hall–Kier alpha value is -0.370. The van der Waals surface area contributed by atoms with E-state index in [4.69, 9.17) is 0 Å². The van der Waals surface area contributed by atoms with Gasteiger partial charge in [-0.1, -0.05) is 6.92 Å². The van der Waals surface area contributed by atoms with Crippen LogP contribution in [0.3, 0.4) is 0 Å². The Kier molecular flexibility index (Phi) is 3.61. The summed E-state index contributed by atoms with van der Waals surface area (Å²) in [5.74, 6) is 0. The van der Waals surface area contributed by atoms with Crippen LogP contribution >= 0.6 is 0 Å². The van der Waals surface area contributed by atoms with Gasteiger partial charge in [-0.05, 0) is 13.6 Å². The lowest BCUT2D eigenvalue weighted by Gasteiger charge is -2.05. The fourth-order valence-electron chi connectivity index (χ4n) is 0.209. The fourth-order valence-corrected chi connectivity index (χ4v) is 0.209. The van der Waals surface area contributed by atoms with Crippen molar-refractivity contribution in [2.45, 2.75) is 6.92 Å². The number of nitrogens with zero attached hydrogens (tertiary/aromatic N) is 1. The van der Waals surface area contributed by atoms with E-state index in [1.165, 1.54) is 6.54 Å². The second-order valence-electron chi connectivity index (χ2n) is 1.36. The van der Waals surface area contributed by atoms with E-state index in [1.54, 1.807) is 0 Å². The van der Waals surface area contributed by atoms with Crippen LogP contribution in [0.1, 0.15) is 6.92 Å². The molecule has 0 amide bonds. The molecular weight excluding hydrogens is 90.1 g/mol. The van der Waals surface area contributed by atoms with Gasteiger partial charge in [0.15, 0.2) is 0 Å². The summed E-state index contributed by atoms with van der Waals surface area (Å²) in [5.41, 5.74) is 0. The topological polar surface area (TPSA) is 20.3 Å². The Labute approximate surface area is 44.1 Å². The van der Waals surface area contributed by atoms with E-state index in [-0.39, 0.29) is 0 Å². The molecule has 0 atom stereocenters. The Morgan fingerprint density at radius 3 is 2.43 bits per heavy atom. The number of hydrogen-bond acceptors (Lipinski definition) is 2. The molecule has 0 bridgehead atoms. The molecule has 0 aromatic rings. The van der Waals surface area contributed by atoms with Crippen LogP contribution in [0, 0.1) is 6.54 Å². The number of carbonyl (C=O) groups excluding carboxylic acids is 1. The molecule has 7 heavy (non-hydrogen) atoms. The Balaban J connectivity index is 2.98. The Morgan fingerprint density at radius 2 is 2.29 bits per heavy atom. The van der Waals surface area contributed by atoms with Crippen molar-refractivity contribution in [2.24, 2.45) is 0 Å². The van der Waals surface area contributed by atoms with E-state index in [0.717, 1.165) is 12.8 Å². The summed E-state index contributed by atoms with van der Waals surface area (Å²) in [5, 5.41) is 0. The van der Waals surface area contributed by atoms with Crippen molar-refractivity contribution < 1.29 is 4.79 Å². The van der Waals surface area contributed by atoms with Crippen molar-refractivity contribution in [3.63, 3.8) is 0 Å². The third-order valence-electron chi connectivity index (χ3n) is 0.814. The summed E-state index contributed by atoms with van der Waals surface area (Å²) < 4.78 is 0. The molecule has 0 aliphatic rings. The Bertz CT molecular complexity index is 54.0. The molecule has 0 aliphatic carbocycles. The van der Waals surface area contributed by atoms with Crippen LogP contribution in [0.5, 0.6) is 0 Å². The number of aldehydes is 1. The van der Waals surface area contributed by atoms with Gasteiger partial charge < -0.3 is 4.79 Å². The molecule has 0 N–H and O–H groups in total. The van der Waals surface area contributed by atoms with E-state index in [1.807, 2.05) is 18.9 Å². The maximum absolute atomic E-state index is 9.68. The monoisotopic (exact) mass is 100 g/mol. The second kappa shape index (κ2) is 3.81. The minimum atomic E-state index is 0.781. The van der Waals surface area contributed by atoms with Gasteiger partial charge in [-0.25, -0.2) is 0 Å². The molecule has 0 aromatic heterocycles. The van der Waals surface area contributed by atoms with E-state index < -0.39 is 0 Å². The summed E-state index contributed by atoms with van der Waals surface area (Å²) in [6.07, 6.45) is 0.781. The van der Waals surface area contributed by atoms with Crippen LogP contribution < -0.4 is 0 Å². The third-order valence-corrected chi connectivity index (χ3v) is 0.814. The molecule has 0 unspecified atom stereocenters. The minimum absolute atomic E-state index is 0.781. The molecule has 41 valence electrons. The second-order valence-corrected chi connectivity index (χ2v) is 1.36. The summed E-state index contributed by atoms with van der Waals surface area (Å²) in [6, 6.07) is 0. The van der Waals surface area contributed by atoms with Gasteiger partial charge in [-0.15, -0.1) is 0 Å². The molecule has 0 aromatic carbocycles. The zero-order valence-corrected chi connectivity index (χ0v) is 4.72. The molecule has 0 saturated heterocycles. The van der Waals surface area contributed by atoms with Gasteiger partial charge in [0.1, 0.15) is 6.29 Å².